The molecule has 92 valence electrons. The first-order valence-corrected chi connectivity index (χ1v) is 7.08. The van der Waals surface area contributed by atoms with Gasteiger partial charge in [0.2, 0.25) is 5.91 Å². The molecule has 1 aliphatic carbocycles. The van der Waals surface area contributed by atoms with Gasteiger partial charge >= 0.3 is 0 Å². The Morgan fingerprint density at radius 2 is 2.06 bits per heavy atom. The Morgan fingerprint density at radius 3 is 2.65 bits per heavy atom. The highest BCUT2D eigenvalue weighted by molar-refractivity contribution is 9.09. The third kappa shape index (κ3) is 3.09. The van der Waals surface area contributed by atoms with E-state index in [0.717, 1.165) is 11.8 Å². The topological polar surface area (TPSA) is 29.1 Å². The summed E-state index contributed by atoms with van der Waals surface area (Å²) in [5.41, 5.74) is 1.12. The van der Waals surface area contributed by atoms with Crippen molar-refractivity contribution in [3.05, 3.63) is 35.9 Å². The molecule has 2 rings (SSSR count). The predicted molar refractivity (Wildman–Crippen MR) is 73.3 cm³/mol. The van der Waals surface area contributed by atoms with Crippen molar-refractivity contribution in [2.75, 3.05) is 5.33 Å². The molecule has 1 aliphatic rings. The number of hydrogen-bond donors (Lipinski definition) is 1. The number of hydrogen-bond acceptors (Lipinski definition) is 1. The predicted octanol–water partition coefficient (Wildman–Crippen LogP) is 3.08. The van der Waals surface area contributed by atoms with Crippen molar-refractivity contribution in [1.82, 2.24) is 5.32 Å². The van der Waals surface area contributed by atoms with E-state index in [1.807, 2.05) is 32.0 Å². The van der Waals surface area contributed by atoms with Crippen LogP contribution in [-0.2, 0) is 4.79 Å². The molecule has 0 radical (unpaired) electrons. The maximum absolute atomic E-state index is 12.0. The quantitative estimate of drug-likeness (QED) is 0.850. The van der Waals surface area contributed by atoms with Crippen LogP contribution in [0.1, 0.15) is 31.7 Å². The molecule has 1 saturated carbocycles. The first-order chi connectivity index (χ1) is 8.03. The van der Waals surface area contributed by atoms with Gasteiger partial charge in [-0.2, -0.15) is 0 Å². The molecule has 1 aromatic rings. The lowest BCUT2D eigenvalue weighted by Gasteiger charge is -2.23. The van der Waals surface area contributed by atoms with Crippen LogP contribution in [-0.4, -0.2) is 16.8 Å². The summed E-state index contributed by atoms with van der Waals surface area (Å²) in [5.74, 6) is 0.765. The Hall–Kier alpha value is -0.830. The highest BCUT2D eigenvalue weighted by Gasteiger charge is 2.44. The van der Waals surface area contributed by atoms with Gasteiger partial charge in [-0.05, 0) is 31.7 Å². The molecule has 1 fully saturated rings. The molecule has 2 unspecified atom stereocenters. The fourth-order valence-electron chi connectivity index (χ4n) is 2.01. The Bertz CT molecular complexity index is 402. The molecule has 2 nitrogen and oxygen atoms in total. The standard InChI is InChI=1S/C14H18BrNO/c1-14(2,9-15)16-13(17)12-8-11(12)10-6-4-3-5-7-10/h3-7,11-12H,8-9H2,1-2H3,(H,16,17). The van der Waals surface area contributed by atoms with E-state index in [9.17, 15) is 4.79 Å². The fourth-order valence-corrected chi connectivity index (χ4v) is 2.15. The van der Waals surface area contributed by atoms with Gasteiger partial charge in [-0.1, -0.05) is 46.3 Å². The van der Waals surface area contributed by atoms with E-state index in [1.165, 1.54) is 5.56 Å². The summed E-state index contributed by atoms with van der Waals surface area (Å²) in [5, 5.41) is 3.85. The number of carbonyl (C=O) groups is 1. The Morgan fingerprint density at radius 1 is 1.41 bits per heavy atom. The Kier molecular flexibility index (Phi) is 3.57. The lowest BCUT2D eigenvalue weighted by molar-refractivity contribution is -0.123. The molecule has 0 bridgehead atoms. The Balaban J connectivity index is 1.93. The second-order valence-corrected chi connectivity index (χ2v) is 5.93. The van der Waals surface area contributed by atoms with Gasteiger partial charge in [-0.25, -0.2) is 0 Å². The zero-order valence-electron chi connectivity index (χ0n) is 10.2. The molecule has 0 saturated heterocycles. The van der Waals surface area contributed by atoms with Crippen molar-refractivity contribution in [1.29, 1.82) is 0 Å². The highest BCUT2D eigenvalue weighted by atomic mass is 79.9. The molecule has 2 atom stereocenters. The van der Waals surface area contributed by atoms with Gasteiger partial charge < -0.3 is 5.32 Å². The number of benzene rings is 1. The number of halogens is 1. The number of carbonyl (C=O) groups excluding carboxylic acids is 1. The van der Waals surface area contributed by atoms with Crippen LogP contribution in [0, 0.1) is 5.92 Å². The summed E-state index contributed by atoms with van der Waals surface area (Å²) in [7, 11) is 0. The largest absolute Gasteiger partial charge is 0.350 e. The minimum atomic E-state index is -0.166. The minimum Gasteiger partial charge on any atom is -0.350 e. The average Bonchev–Trinajstić information content (AvgIpc) is 3.10. The zero-order valence-corrected chi connectivity index (χ0v) is 11.8. The molecular weight excluding hydrogens is 278 g/mol. The van der Waals surface area contributed by atoms with E-state index in [-0.39, 0.29) is 17.4 Å². The van der Waals surface area contributed by atoms with Gasteiger partial charge in [0, 0.05) is 16.8 Å². The van der Waals surface area contributed by atoms with Crippen molar-refractivity contribution >= 4 is 21.8 Å². The highest BCUT2D eigenvalue weighted by Crippen LogP contribution is 2.47. The van der Waals surface area contributed by atoms with Crippen molar-refractivity contribution in [3.63, 3.8) is 0 Å². The molecule has 1 N–H and O–H groups in total. The maximum atomic E-state index is 12.0. The molecule has 0 heterocycles. The van der Waals surface area contributed by atoms with Gasteiger partial charge in [0.25, 0.3) is 0 Å². The number of nitrogens with one attached hydrogen (secondary N) is 1. The maximum Gasteiger partial charge on any atom is 0.224 e. The number of alkyl halides is 1. The lowest BCUT2D eigenvalue weighted by atomic mass is 10.1. The first-order valence-electron chi connectivity index (χ1n) is 5.96. The van der Waals surface area contributed by atoms with Crippen molar-refractivity contribution in [2.45, 2.75) is 31.7 Å². The first kappa shape index (κ1) is 12.6. The molecule has 0 aromatic heterocycles. The molecule has 0 spiro atoms. The van der Waals surface area contributed by atoms with Crippen LogP contribution < -0.4 is 5.32 Å². The lowest BCUT2D eigenvalue weighted by Crippen LogP contribution is -2.45. The van der Waals surface area contributed by atoms with Crippen molar-refractivity contribution < 1.29 is 4.79 Å². The monoisotopic (exact) mass is 295 g/mol. The van der Waals surface area contributed by atoms with Crippen LogP contribution in [0.4, 0.5) is 0 Å². The van der Waals surface area contributed by atoms with Gasteiger partial charge in [0.1, 0.15) is 0 Å². The van der Waals surface area contributed by atoms with Gasteiger partial charge in [0.15, 0.2) is 0 Å². The van der Waals surface area contributed by atoms with Gasteiger partial charge in [-0.15, -0.1) is 0 Å². The van der Waals surface area contributed by atoms with E-state index in [1.54, 1.807) is 0 Å². The normalized spacial score (nSPS) is 23.2. The number of amides is 1. The summed E-state index contributed by atoms with van der Waals surface area (Å²) >= 11 is 3.41. The molecule has 17 heavy (non-hydrogen) atoms. The second kappa shape index (κ2) is 4.81. The van der Waals surface area contributed by atoms with Crippen LogP contribution in [0.5, 0.6) is 0 Å². The summed E-state index contributed by atoms with van der Waals surface area (Å²) in [4.78, 5) is 12.0. The molecule has 1 aromatic carbocycles. The van der Waals surface area contributed by atoms with Crippen LogP contribution in [0.3, 0.4) is 0 Å². The van der Waals surface area contributed by atoms with Crippen LogP contribution in [0.15, 0.2) is 30.3 Å². The van der Waals surface area contributed by atoms with Crippen LogP contribution >= 0.6 is 15.9 Å². The third-order valence-electron chi connectivity index (χ3n) is 3.15. The third-order valence-corrected chi connectivity index (χ3v) is 4.55. The molecule has 1 amide bonds. The summed E-state index contributed by atoms with van der Waals surface area (Å²) in [6.07, 6.45) is 0.980. The molecule has 0 aliphatic heterocycles. The molecular formula is C14H18BrNO. The van der Waals surface area contributed by atoms with E-state index in [0.29, 0.717) is 5.92 Å². The van der Waals surface area contributed by atoms with Gasteiger partial charge in [-0.3, -0.25) is 4.79 Å². The van der Waals surface area contributed by atoms with Crippen molar-refractivity contribution in [3.8, 4) is 0 Å². The van der Waals surface area contributed by atoms with Gasteiger partial charge in [0.05, 0.1) is 0 Å². The smallest absolute Gasteiger partial charge is 0.224 e. The SMILES string of the molecule is CC(C)(CBr)NC(=O)C1CC1c1ccccc1. The summed E-state index contributed by atoms with van der Waals surface area (Å²) < 4.78 is 0. The fraction of sp³-hybridized carbons (Fsp3) is 0.500. The van der Waals surface area contributed by atoms with E-state index >= 15 is 0 Å². The summed E-state index contributed by atoms with van der Waals surface area (Å²) in [6.45, 7) is 4.05. The molecule has 3 heteroatoms. The summed E-state index contributed by atoms with van der Waals surface area (Å²) in [6, 6.07) is 10.3. The average molecular weight is 296 g/mol. The number of rotatable bonds is 4. The second-order valence-electron chi connectivity index (χ2n) is 5.37. The minimum absolute atomic E-state index is 0.163. The van der Waals surface area contributed by atoms with E-state index < -0.39 is 0 Å². The Labute approximate surface area is 111 Å². The van der Waals surface area contributed by atoms with Crippen molar-refractivity contribution in [2.24, 2.45) is 5.92 Å². The van der Waals surface area contributed by atoms with Crippen LogP contribution in [0.2, 0.25) is 0 Å². The van der Waals surface area contributed by atoms with Crippen LogP contribution in [0.25, 0.3) is 0 Å². The van der Waals surface area contributed by atoms with E-state index in [2.05, 4.69) is 33.4 Å². The zero-order chi connectivity index (χ0) is 12.5. The van der Waals surface area contributed by atoms with E-state index in [4.69, 9.17) is 0 Å².